The van der Waals surface area contributed by atoms with E-state index in [0.29, 0.717) is 12.2 Å². The molecule has 0 bridgehead atoms. The lowest BCUT2D eigenvalue weighted by Crippen LogP contribution is -2.35. The maximum absolute atomic E-state index is 12.3. The highest BCUT2D eigenvalue weighted by atomic mass is 32.2. The first-order valence-electron chi connectivity index (χ1n) is 9.08. The normalized spacial score (nSPS) is 10.6. The van der Waals surface area contributed by atoms with E-state index in [9.17, 15) is 9.59 Å². The number of carbonyl (C=O) groups excluding carboxylic acids is 2. The smallest absolute Gasteiger partial charge is 0.243 e. The Morgan fingerprint density at radius 1 is 0.963 bits per heavy atom. The number of aryl methyl sites for hydroxylation is 4. The molecule has 27 heavy (non-hydrogen) atoms. The van der Waals surface area contributed by atoms with E-state index in [4.69, 9.17) is 0 Å². The quantitative estimate of drug-likeness (QED) is 0.715. The van der Waals surface area contributed by atoms with E-state index >= 15 is 0 Å². The second-order valence-corrected chi connectivity index (χ2v) is 8.08. The van der Waals surface area contributed by atoms with Crippen molar-refractivity contribution in [2.45, 2.75) is 39.0 Å². The Labute approximate surface area is 166 Å². The Hall–Kier alpha value is -2.27. The fourth-order valence-electron chi connectivity index (χ4n) is 2.74. The Balaban J connectivity index is 1.80. The van der Waals surface area contributed by atoms with Crippen molar-refractivity contribution in [3.63, 3.8) is 0 Å². The second-order valence-electron chi connectivity index (χ2n) is 6.91. The van der Waals surface area contributed by atoms with Gasteiger partial charge in [0.05, 0.1) is 6.54 Å². The maximum atomic E-state index is 12.3. The fraction of sp³-hybridized carbons (Fsp3) is 0.364. The minimum atomic E-state index is -0.176. The number of thioether (sulfide) groups is 1. The van der Waals surface area contributed by atoms with Gasteiger partial charge in [-0.15, -0.1) is 11.8 Å². The highest BCUT2D eigenvalue weighted by molar-refractivity contribution is 7.99. The van der Waals surface area contributed by atoms with Crippen LogP contribution < -0.4 is 5.32 Å². The monoisotopic (exact) mass is 384 g/mol. The predicted octanol–water partition coefficient (Wildman–Crippen LogP) is 4.50. The molecule has 0 fully saturated rings. The number of benzene rings is 2. The summed E-state index contributed by atoms with van der Waals surface area (Å²) in [7, 11) is 1.67. The van der Waals surface area contributed by atoms with E-state index in [-0.39, 0.29) is 18.4 Å². The number of nitrogens with one attached hydrogen (secondary N) is 1. The Bertz CT molecular complexity index is 813. The lowest BCUT2D eigenvalue weighted by molar-refractivity contribution is -0.132. The van der Waals surface area contributed by atoms with Crippen LogP contribution in [0.5, 0.6) is 0 Å². The van der Waals surface area contributed by atoms with Crippen molar-refractivity contribution < 1.29 is 9.59 Å². The number of hydrogen-bond acceptors (Lipinski definition) is 3. The van der Waals surface area contributed by atoms with Gasteiger partial charge in [-0.2, -0.15) is 0 Å². The van der Waals surface area contributed by atoms with E-state index in [1.165, 1.54) is 20.9 Å². The van der Waals surface area contributed by atoms with Crippen molar-refractivity contribution in [2.24, 2.45) is 0 Å². The first kappa shape index (κ1) is 21.0. The van der Waals surface area contributed by atoms with Crippen molar-refractivity contribution in [2.75, 3.05) is 24.7 Å². The third-order valence-electron chi connectivity index (χ3n) is 4.62. The molecule has 0 spiro atoms. The molecule has 2 amide bonds. The van der Waals surface area contributed by atoms with Crippen molar-refractivity contribution in [1.82, 2.24) is 4.90 Å². The van der Waals surface area contributed by atoms with Crippen molar-refractivity contribution >= 4 is 29.3 Å². The number of hydrogen-bond donors (Lipinski definition) is 1. The second kappa shape index (κ2) is 9.60. The molecule has 0 aromatic heterocycles. The molecule has 0 unspecified atom stereocenters. The molecule has 5 heteroatoms. The van der Waals surface area contributed by atoms with Gasteiger partial charge in [0.25, 0.3) is 0 Å². The lowest BCUT2D eigenvalue weighted by Gasteiger charge is -2.18. The van der Waals surface area contributed by atoms with E-state index in [0.717, 1.165) is 16.8 Å². The number of para-hydroxylation sites is 1. The van der Waals surface area contributed by atoms with Crippen LogP contribution in [-0.2, 0) is 9.59 Å². The van der Waals surface area contributed by atoms with Crippen molar-refractivity contribution in [1.29, 1.82) is 0 Å². The largest absolute Gasteiger partial charge is 0.336 e. The fourth-order valence-corrected chi connectivity index (χ4v) is 3.68. The number of nitrogens with zero attached hydrogens (tertiary/aromatic N) is 1. The molecule has 0 heterocycles. The third kappa shape index (κ3) is 6.14. The van der Waals surface area contributed by atoms with Gasteiger partial charge >= 0.3 is 0 Å². The van der Waals surface area contributed by atoms with Gasteiger partial charge in [0, 0.05) is 29.8 Å². The van der Waals surface area contributed by atoms with E-state index in [1.807, 2.05) is 32.0 Å². The summed E-state index contributed by atoms with van der Waals surface area (Å²) in [6.45, 7) is 8.16. The molecule has 2 aromatic carbocycles. The first-order valence-corrected chi connectivity index (χ1v) is 10.1. The van der Waals surface area contributed by atoms with Crippen LogP contribution >= 0.6 is 11.8 Å². The van der Waals surface area contributed by atoms with Gasteiger partial charge in [0.15, 0.2) is 0 Å². The summed E-state index contributed by atoms with van der Waals surface area (Å²) in [4.78, 5) is 27.3. The van der Waals surface area contributed by atoms with Crippen LogP contribution in [0.2, 0.25) is 0 Å². The SMILES string of the molecule is Cc1ccc(SCCC(=O)N(C)CC(=O)Nc2c(C)cccc2C)cc1C. The van der Waals surface area contributed by atoms with Crippen LogP contribution in [0, 0.1) is 27.7 Å². The lowest BCUT2D eigenvalue weighted by atomic mass is 10.1. The molecular formula is C22H28N2O2S. The molecule has 1 N–H and O–H groups in total. The molecule has 0 aliphatic carbocycles. The van der Waals surface area contributed by atoms with E-state index in [2.05, 4.69) is 37.4 Å². The molecule has 0 saturated heterocycles. The van der Waals surface area contributed by atoms with E-state index < -0.39 is 0 Å². The zero-order chi connectivity index (χ0) is 20.0. The molecule has 2 rings (SSSR count). The number of likely N-dealkylation sites (N-methyl/N-ethyl adjacent to an activating group) is 1. The van der Waals surface area contributed by atoms with Gasteiger partial charge in [-0.25, -0.2) is 0 Å². The predicted molar refractivity (Wildman–Crippen MR) is 113 cm³/mol. The van der Waals surface area contributed by atoms with E-state index in [1.54, 1.807) is 18.8 Å². The molecule has 0 radical (unpaired) electrons. The number of rotatable bonds is 7. The molecule has 144 valence electrons. The minimum absolute atomic E-state index is 0.0250. The van der Waals surface area contributed by atoms with Crippen LogP contribution in [0.1, 0.15) is 28.7 Å². The topological polar surface area (TPSA) is 49.4 Å². The number of anilines is 1. The summed E-state index contributed by atoms with van der Waals surface area (Å²) < 4.78 is 0. The van der Waals surface area contributed by atoms with Crippen molar-refractivity contribution in [3.05, 3.63) is 58.7 Å². The summed E-state index contributed by atoms with van der Waals surface area (Å²) in [5.74, 6) is 0.498. The van der Waals surface area contributed by atoms with Gasteiger partial charge in [-0.05, 0) is 62.1 Å². The van der Waals surface area contributed by atoms with Gasteiger partial charge in [0.1, 0.15) is 0 Å². The third-order valence-corrected chi connectivity index (χ3v) is 5.61. The zero-order valence-corrected chi connectivity index (χ0v) is 17.6. The van der Waals surface area contributed by atoms with Crippen LogP contribution in [-0.4, -0.2) is 36.1 Å². The Morgan fingerprint density at radius 3 is 2.26 bits per heavy atom. The molecule has 4 nitrogen and oxygen atoms in total. The highest BCUT2D eigenvalue weighted by Gasteiger charge is 2.14. The molecule has 0 atom stereocenters. The molecular weight excluding hydrogens is 356 g/mol. The summed E-state index contributed by atoms with van der Waals surface area (Å²) in [5, 5.41) is 2.92. The van der Waals surface area contributed by atoms with Gasteiger partial charge in [-0.3, -0.25) is 9.59 Å². The van der Waals surface area contributed by atoms with Gasteiger partial charge in [-0.1, -0.05) is 24.3 Å². The van der Waals surface area contributed by atoms with Crippen LogP contribution in [0.25, 0.3) is 0 Å². The standard InChI is InChI=1S/C22H28N2O2S/c1-15-9-10-19(13-18(15)4)27-12-11-21(26)24(5)14-20(25)23-22-16(2)7-6-8-17(22)3/h6-10,13H,11-12,14H2,1-5H3,(H,23,25). The molecule has 0 aliphatic heterocycles. The van der Waals surface area contributed by atoms with Gasteiger partial charge in [0.2, 0.25) is 11.8 Å². The maximum Gasteiger partial charge on any atom is 0.243 e. The molecule has 2 aromatic rings. The number of amides is 2. The highest BCUT2D eigenvalue weighted by Crippen LogP contribution is 2.22. The van der Waals surface area contributed by atoms with Crippen LogP contribution in [0.4, 0.5) is 5.69 Å². The first-order chi connectivity index (χ1) is 12.8. The molecule has 0 aliphatic rings. The minimum Gasteiger partial charge on any atom is -0.336 e. The van der Waals surface area contributed by atoms with Crippen LogP contribution in [0.15, 0.2) is 41.3 Å². The summed E-state index contributed by atoms with van der Waals surface area (Å²) in [5.41, 5.74) is 5.38. The average Bonchev–Trinajstić information content (AvgIpc) is 2.61. The summed E-state index contributed by atoms with van der Waals surface area (Å²) in [6, 6.07) is 12.2. The van der Waals surface area contributed by atoms with Crippen LogP contribution in [0.3, 0.4) is 0 Å². The zero-order valence-electron chi connectivity index (χ0n) is 16.8. The number of carbonyl (C=O) groups is 2. The summed E-state index contributed by atoms with van der Waals surface area (Å²) in [6.07, 6.45) is 0.408. The Kier molecular flexibility index (Phi) is 7.48. The Morgan fingerprint density at radius 2 is 1.63 bits per heavy atom. The van der Waals surface area contributed by atoms with Crippen molar-refractivity contribution in [3.8, 4) is 0 Å². The molecule has 0 saturated carbocycles. The van der Waals surface area contributed by atoms with Gasteiger partial charge < -0.3 is 10.2 Å². The average molecular weight is 385 g/mol. The summed E-state index contributed by atoms with van der Waals surface area (Å²) >= 11 is 1.67.